The summed E-state index contributed by atoms with van der Waals surface area (Å²) in [6.45, 7) is 5.46. The minimum atomic E-state index is 0.0143. The van der Waals surface area contributed by atoms with E-state index < -0.39 is 0 Å². The first kappa shape index (κ1) is 19.1. The van der Waals surface area contributed by atoms with Crippen molar-refractivity contribution >= 4 is 12.0 Å². The maximum absolute atomic E-state index is 11.5. The number of nitrogens with one attached hydrogen (secondary N) is 1. The van der Waals surface area contributed by atoms with Crippen LogP contribution in [0.3, 0.4) is 0 Å². The number of hydrogen-bond donors (Lipinski definition) is 2. The molecule has 1 aromatic carbocycles. The van der Waals surface area contributed by atoms with Gasteiger partial charge in [-0.1, -0.05) is 49.3 Å². The molecule has 2 aliphatic rings. The van der Waals surface area contributed by atoms with Gasteiger partial charge in [-0.25, -0.2) is 0 Å². The van der Waals surface area contributed by atoms with E-state index >= 15 is 0 Å². The lowest BCUT2D eigenvalue weighted by molar-refractivity contribution is -0.120. The van der Waals surface area contributed by atoms with E-state index in [-0.39, 0.29) is 30.5 Å². The SMILES string of the molecule is C/C=C/c1ccc([C@H]2[C@@H](CO)N(CC3CCCC3)[C@@H]2CNC(C)=O)cc1. The van der Waals surface area contributed by atoms with Crippen molar-refractivity contribution in [1.29, 1.82) is 0 Å². The largest absolute Gasteiger partial charge is 0.395 e. The first-order valence-electron chi connectivity index (χ1n) is 9.97. The van der Waals surface area contributed by atoms with Crippen molar-refractivity contribution in [3.63, 3.8) is 0 Å². The first-order valence-corrected chi connectivity index (χ1v) is 9.97. The van der Waals surface area contributed by atoms with Gasteiger partial charge < -0.3 is 10.4 Å². The standard InChI is InChI=1S/C22H32N2O2/c1-3-6-17-9-11-19(12-10-17)22-20(13-23-16(2)26)24(21(22)15-25)14-18-7-4-5-8-18/h3,6,9-12,18,20-22,25H,4-5,7-8,13-15H2,1-2H3,(H,23,26)/b6-3+/t20-,21-,22-/m1/s1. The zero-order valence-corrected chi connectivity index (χ0v) is 16.0. The van der Waals surface area contributed by atoms with E-state index in [0.29, 0.717) is 6.54 Å². The third-order valence-corrected chi connectivity index (χ3v) is 6.05. The third-order valence-electron chi connectivity index (χ3n) is 6.05. The lowest BCUT2D eigenvalue weighted by Gasteiger charge is -2.56. The molecule has 1 saturated carbocycles. The van der Waals surface area contributed by atoms with Crippen LogP contribution in [0.25, 0.3) is 6.08 Å². The van der Waals surface area contributed by atoms with Crippen molar-refractivity contribution in [2.24, 2.45) is 5.92 Å². The number of allylic oxidation sites excluding steroid dienone is 1. The van der Waals surface area contributed by atoms with E-state index in [9.17, 15) is 9.90 Å². The molecule has 1 amide bonds. The van der Waals surface area contributed by atoms with Crippen molar-refractivity contribution in [1.82, 2.24) is 10.2 Å². The summed E-state index contributed by atoms with van der Waals surface area (Å²) in [6.07, 6.45) is 9.38. The quantitative estimate of drug-likeness (QED) is 0.789. The van der Waals surface area contributed by atoms with Gasteiger partial charge in [0.15, 0.2) is 0 Å². The van der Waals surface area contributed by atoms with Gasteiger partial charge in [-0.3, -0.25) is 9.69 Å². The van der Waals surface area contributed by atoms with Crippen LogP contribution in [0.1, 0.15) is 56.6 Å². The lowest BCUT2D eigenvalue weighted by atomic mass is 9.74. The van der Waals surface area contributed by atoms with Gasteiger partial charge in [0, 0.05) is 38.0 Å². The van der Waals surface area contributed by atoms with Gasteiger partial charge in [0.05, 0.1) is 6.61 Å². The number of carbonyl (C=O) groups excluding carboxylic acids is 1. The number of aliphatic hydroxyl groups excluding tert-OH is 1. The van der Waals surface area contributed by atoms with Crippen LogP contribution >= 0.6 is 0 Å². The molecule has 1 aliphatic carbocycles. The van der Waals surface area contributed by atoms with Crippen LogP contribution in [-0.2, 0) is 4.79 Å². The van der Waals surface area contributed by atoms with Crippen molar-refractivity contribution < 1.29 is 9.90 Å². The van der Waals surface area contributed by atoms with Crippen molar-refractivity contribution in [3.05, 3.63) is 41.5 Å². The van der Waals surface area contributed by atoms with E-state index in [2.05, 4.69) is 40.6 Å². The van der Waals surface area contributed by atoms with Gasteiger partial charge in [0.2, 0.25) is 5.91 Å². The number of carbonyl (C=O) groups is 1. The number of benzene rings is 1. The molecule has 3 rings (SSSR count). The topological polar surface area (TPSA) is 52.6 Å². The molecule has 4 nitrogen and oxygen atoms in total. The number of amides is 1. The van der Waals surface area contributed by atoms with Crippen molar-refractivity contribution in [2.45, 2.75) is 57.5 Å². The van der Waals surface area contributed by atoms with Gasteiger partial charge in [0.25, 0.3) is 0 Å². The molecule has 4 heteroatoms. The Morgan fingerprint density at radius 2 is 1.92 bits per heavy atom. The highest BCUT2D eigenvalue weighted by Gasteiger charge is 2.48. The zero-order valence-electron chi connectivity index (χ0n) is 16.0. The first-order chi connectivity index (χ1) is 12.6. The summed E-state index contributed by atoms with van der Waals surface area (Å²) in [5, 5.41) is 13.1. The smallest absolute Gasteiger partial charge is 0.216 e. The van der Waals surface area contributed by atoms with Crippen LogP contribution in [0, 0.1) is 5.92 Å². The Kier molecular flexibility index (Phi) is 6.49. The van der Waals surface area contributed by atoms with E-state index in [4.69, 9.17) is 0 Å². The summed E-state index contributed by atoms with van der Waals surface area (Å²) in [5.41, 5.74) is 2.45. The number of likely N-dealkylation sites (tertiary alicyclic amines) is 1. The van der Waals surface area contributed by atoms with Gasteiger partial charge in [-0.05, 0) is 36.8 Å². The number of nitrogens with zero attached hydrogens (tertiary/aromatic N) is 1. The molecule has 0 spiro atoms. The van der Waals surface area contributed by atoms with Gasteiger partial charge in [-0.2, -0.15) is 0 Å². The molecule has 1 heterocycles. The molecule has 1 aromatic rings. The second-order valence-corrected chi connectivity index (χ2v) is 7.79. The summed E-state index contributed by atoms with van der Waals surface area (Å²) in [6, 6.07) is 9.05. The Hall–Kier alpha value is -1.65. The minimum Gasteiger partial charge on any atom is -0.395 e. The third kappa shape index (κ3) is 4.18. The van der Waals surface area contributed by atoms with E-state index in [1.54, 1.807) is 6.92 Å². The molecular formula is C22H32N2O2. The summed E-state index contributed by atoms with van der Waals surface area (Å²) < 4.78 is 0. The van der Waals surface area contributed by atoms with E-state index in [1.165, 1.54) is 36.8 Å². The lowest BCUT2D eigenvalue weighted by Crippen LogP contribution is -2.67. The fourth-order valence-electron chi connectivity index (χ4n) is 4.75. The summed E-state index contributed by atoms with van der Waals surface area (Å²) in [5.74, 6) is 1.02. The monoisotopic (exact) mass is 356 g/mol. The van der Waals surface area contributed by atoms with Crippen LogP contribution in [0.4, 0.5) is 0 Å². The number of rotatable bonds is 7. The number of hydrogen-bond acceptors (Lipinski definition) is 3. The van der Waals surface area contributed by atoms with Gasteiger partial charge in [0.1, 0.15) is 0 Å². The molecular weight excluding hydrogens is 324 g/mol. The van der Waals surface area contributed by atoms with Gasteiger partial charge in [-0.15, -0.1) is 0 Å². The molecule has 0 aromatic heterocycles. The average Bonchev–Trinajstić information content (AvgIpc) is 3.13. The maximum Gasteiger partial charge on any atom is 0.216 e. The highest BCUT2D eigenvalue weighted by Crippen LogP contribution is 2.42. The molecule has 2 fully saturated rings. The fraction of sp³-hybridized carbons (Fsp3) is 0.591. The molecule has 142 valence electrons. The highest BCUT2D eigenvalue weighted by molar-refractivity contribution is 5.72. The predicted octanol–water partition coefficient (Wildman–Crippen LogP) is 3.17. The van der Waals surface area contributed by atoms with Crippen LogP contribution in [-0.4, -0.2) is 47.7 Å². The van der Waals surface area contributed by atoms with Crippen LogP contribution in [0.15, 0.2) is 30.3 Å². The second-order valence-electron chi connectivity index (χ2n) is 7.79. The summed E-state index contributed by atoms with van der Waals surface area (Å²) in [4.78, 5) is 13.9. The van der Waals surface area contributed by atoms with Crippen molar-refractivity contribution in [2.75, 3.05) is 19.7 Å². The minimum absolute atomic E-state index is 0.0143. The van der Waals surface area contributed by atoms with E-state index in [0.717, 1.165) is 12.5 Å². The Morgan fingerprint density at radius 1 is 1.23 bits per heavy atom. The predicted molar refractivity (Wildman–Crippen MR) is 106 cm³/mol. The Morgan fingerprint density at radius 3 is 2.50 bits per heavy atom. The normalized spacial score (nSPS) is 27.0. The van der Waals surface area contributed by atoms with Gasteiger partial charge >= 0.3 is 0 Å². The van der Waals surface area contributed by atoms with Crippen LogP contribution < -0.4 is 5.32 Å². The van der Waals surface area contributed by atoms with E-state index in [1.807, 2.05) is 13.0 Å². The zero-order chi connectivity index (χ0) is 18.5. The molecule has 0 radical (unpaired) electrons. The average molecular weight is 357 g/mol. The fourth-order valence-corrected chi connectivity index (χ4v) is 4.75. The molecule has 1 saturated heterocycles. The molecule has 26 heavy (non-hydrogen) atoms. The van der Waals surface area contributed by atoms with Crippen LogP contribution in [0.5, 0.6) is 0 Å². The second kappa shape index (κ2) is 8.83. The molecule has 0 bridgehead atoms. The molecule has 3 atom stereocenters. The van der Waals surface area contributed by atoms with Crippen molar-refractivity contribution in [3.8, 4) is 0 Å². The maximum atomic E-state index is 11.5. The highest BCUT2D eigenvalue weighted by atomic mass is 16.3. The molecule has 2 N–H and O–H groups in total. The Balaban J connectivity index is 1.77. The Bertz CT molecular complexity index is 620. The molecule has 1 aliphatic heterocycles. The Labute approximate surface area is 157 Å². The summed E-state index contributed by atoms with van der Waals surface area (Å²) in [7, 11) is 0. The van der Waals surface area contributed by atoms with Crippen LogP contribution in [0.2, 0.25) is 0 Å². The molecule has 0 unspecified atom stereocenters. The number of aliphatic hydroxyl groups is 1. The summed E-state index contributed by atoms with van der Waals surface area (Å²) >= 11 is 0.